The quantitative estimate of drug-likeness (QED) is 0.602. The number of methoxy groups -OCH3 is 1. The summed E-state index contributed by atoms with van der Waals surface area (Å²) < 4.78 is 5.28. The SMILES string of the molecule is C=C/C=C(\C(=C/C)NC(=O)c1cccc(N2CCc3cc(OC)ccc3C2=O)n1)N1CCNCC1. The highest BCUT2D eigenvalue weighted by molar-refractivity contribution is 6.08. The van der Waals surface area contributed by atoms with Crippen molar-refractivity contribution in [2.45, 2.75) is 13.3 Å². The summed E-state index contributed by atoms with van der Waals surface area (Å²) in [5, 5.41) is 6.34. The van der Waals surface area contributed by atoms with E-state index in [1.54, 1.807) is 48.4 Å². The van der Waals surface area contributed by atoms with Gasteiger partial charge in [0.05, 0.1) is 18.5 Å². The highest BCUT2D eigenvalue weighted by atomic mass is 16.5. The number of carbonyl (C=O) groups is 2. The third kappa shape index (κ3) is 5.27. The van der Waals surface area contributed by atoms with Crippen LogP contribution in [0.15, 0.2) is 72.6 Å². The first kappa shape index (κ1) is 24.2. The normalized spacial score (nSPS) is 16.6. The number of anilines is 1. The van der Waals surface area contributed by atoms with Gasteiger partial charge in [-0.3, -0.25) is 14.5 Å². The van der Waals surface area contributed by atoms with Gasteiger partial charge in [0, 0.05) is 38.3 Å². The van der Waals surface area contributed by atoms with E-state index in [0.717, 1.165) is 43.2 Å². The smallest absolute Gasteiger partial charge is 0.274 e. The topological polar surface area (TPSA) is 86.8 Å². The highest BCUT2D eigenvalue weighted by Gasteiger charge is 2.27. The Morgan fingerprint density at radius 3 is 2.71 bits per heavy atom. The number of piperazine rings is 1. The number of ether oxygens (including phenoxy) is 1. The zero-order valence-electron chi connectivity index (χ0n) is 20.2. The molecule has 8 heteroatoms. The van der Waals surface area contributed by atoms with Crippen molar-refractivity contribution in [2.24, 2.45) is 0 Å². The number of hydrogen-bond acceptors (Lipinski definition) is 6. The number of nitrogens with one attached hydrogen (secondary N) is 2. The molecule has 0 spiro atoms. The lowest BCUT2D eigenvalue weighted by molar-refractivity contribution is 0.0953. The summed E-state index contributed by atoms with van der Waals surface area (Å²) in [6.45, 7) is 9.63. The van der Waals surface area contributed by atoms with Crippen LogP contribution in [0.25, 0.3) is 0 Å². The van der Waals surface area contributed by atoms with Gasteiger partial charge in [-0.25, -0.2) is 4.98 Å². The maximum Gasteiger partial charge on any atom is 0.274 e. The number of allylic oxidation sites excluding steroid dienone is 3. The van der Waals surface area contributed by atoms with Gasteiger partial charge in [-0.2, -0.15) is 0 Å². The molecule has 1 fully saturated rings. The fraction of sp³-hybridized carbons (Fsp3) is 0.296. The van der Waals surface area contributed by atoms with E-state index in [0.29, 0.717) is 30.0 Å². The molecular formula is C27H31N5O3. The third-order valence-electron chi connectivity index (χ3n) is 6.18. The Morgan fingerprint density at radius 2 is 2.00 bits per heavy atom. The van der Waals surface area contributed by atoms with Gasteiger partial charge in [0.25, 0.3) is 11.8 Å². The highest BCUT2D eigenvalue weighted by Crippen LogP contribution is 2.26. The average molecular weight is 474 g/mol. The maximum atomic E-state index is 13.2. The lowest BCUT2D eigenvalue weighted by atomic mass is 9.98. The fourth-order valence-electron chi connectivity index (χ4n) is 4.36. The summed E-state index contributed by atoms with van der Waals surface area (Å²) in [7, 11) is 1.61. The van der Waals surface area contributed by atoms with Crippen molar-refractivity contribution >= 4 is 17.6 Å². The molecule has 2 N–H and O–H groups in total. The molecule has 1 aromatic heterocycles. The number of rotatable bonds is 7. The molecule has 2 amide bonds. The van der Waals surface area contributed by atoms with Crippen molar-refractivity contribution in [3.8, 4) is 5.75 Å². The van der Waals surface area contributed by atoms with E-state index in [9.17, 15) is 9.59 Å². The van der Waals surface area contributed by atoms with Gasteiger partial charge in [-0.1, -0.05) is 24.8 Å². The second kappa shape index (κ2) is 11.0. The molecule has 1 aromatic carbocycles. The van der Waals surface area contributed by atoms with Crippen LogP contribution < -0.4 is 20.3 Å². The van der Waals surface area contributed by atoms with Crippen LogP contribution in [0.4, 0.5) is 5.82 Å². The van der Waals surface area contributed by atoms with Crippen LogP contribution in [-0.2, 0) is 6.42 Å². The Bertz CT molecular complexity index is 1180. The molecule has 2 aromatic rings. The standard InChI is InChI=1S/C27H31N5O3/c1-4-7-24(31-16-13-28-14-17-31)22(5-2)30-26(33)23-8-6-9-25(29-23)32-15-12-19-18-20(35-3)10-11-21(19)27(32)34/h4-11,18,28H,1,12-17H2,2-3H3,(H,30,33)/b22-5+,24-7+. The Hall–Kier alpha value is -3.91. The Balaban J connectivity index is 1.53. The van der Waals surface area contributed by atoms with Crippen molar-refractivity contribution < 1.29 is 14.3 Å². The number of amides is 2. The average Bonchev–Trinajstić information content (AvgIpc) is 2.91. The number of fused-ring (bicyclic) bond motifs is 1. The summed E-state index contributed by atoms with van der Waals surface area (Å²) in [4.78, 5) is 34.7. The van der Waals surface area contributed by atoms with E-state index in [4.69, 9.17) is 4.74 Å². The number of hydrogen-bond donors (Lipinski definition) is 2. The van der Waals surface area contributed by atoms with E-state index in [2.05, 4.69) is 27.1 Å². The second-order valence-electron chi connectivity index (χ2n) is 8.29. The lowest BCUT2D eigenvalue weighted by Crippen LogP contribution is -2.44. The minimum absolute atomic E-state index is 0.136. The fourth-order valence-corrected chi connectivity index (χ4v) is 4.36. The van der Waals surface area contributed by atoms with Crippen molar-refractivity contribution in [3.63, 3.8) is 0 Å². The molecule has 0 bridgehead atoms. The molecule has 1 saturated heterocycles. The molecule has 2 aliphatic heterocycles. The first-order valence-corrected chi connectivity index (χ1v) is 11.8. The molecule has 182 valence electrons. The number of aromatic nitrogens is 1. The molecule has 2 aliphatic rings. The predicted molar refractivity (Wildman–Crippen MR) is 137 cm³/mol. The number of nitrogens with zero attached hydrogens (tertiary/aromatic N) is 3. The van der Waals surface area contributed by atoms with Crippen molar-refractivity contribution in [2.75, 3.05) is 44.7 Å². The van der Waals surface area contributed by atoms with Crippen molar-refractivity contribution in [1.82, 2.24) is 20.5 Å². The molecule has 3 heterocycles. The first-order valence-electron chi connectivity index (χ1n) is 11.8. The van der Waals surface area contributed by atoms with Crippen molar-refractivity contribution in [3.05, 3.63) is 89.4 Å². The minimum Gasteiger partial charge on any atom is -0.497 e. The summed E-state index contributed by atoms with van der Waals surface area (Å²) in [6.07, 6.45) is 6.18. The lowest BCUT2D eigenvalue weighted by Gasteiger charge is -2.32. The largest absolute Gasteiger partial charge is 0.497 e. The van der Waals surface area contributed by atoms with Gasteiger partial charge in [-0.05, 0) is 55.3 Å². The number of benzene rings is 1. The summed E-state index contributed by atoms with van der Waals surface area (Å²) in [5.41, 5.74) is 3.42. The monoisotopic (exact) mass is 473 g/mol. The Kier molecular flexibility index (Phi) is 7.62. The van der Waals surface area contributed by atoms with E-state index < -0.39 is 0 Å². The minimum atomic E-state index is -0.334. The summed E-state index contributed by atoms with van der Waals surface area (Å²) >= 11 is 0. The van der Waals surface area contributed by atoms with Gasteiger partial charge in [0.15, 0.2) is 0 Å². The zero-order chi connectivity index (χ0) is 24.8. The molecular weight excluding hydrogens is 442 g/mol. The van der Waals surface area contributed by atoms with Gasteiger partial charge in [0.1, 0.15) is 17.3 Å². The van der Waals surface area contributed by atoms with Crippen LogP contribution >= 0.6 is 0 Å². The van der Waals surface area contributed by atoms with E-state index in [-0.39, 0.29) is 17.5 Å². The van der Waals surface area contributed by atoms with Crippen molar-refractivity contribution in [1.29, 1.82) is 0 Å². The second-order valence-corrected chi connectivity index (χ2v) is 8.29. The van der Waals surface area contributed by atoms with E-state index in [1.807, 2.05) is 25.1 Å². The predicted octanol–water partition coefficient (Wildman–Crippen LogP) is 2.90. The molecule has 0 unspecified atom stereocenters. The maximum absolute atomic E-state index is 13.2. The molecule has 0 atom stereocenters. The van der Waals surface area contributed by atoms with Crippen LogP contribution in [0.3, 0.4) is 0 Å². The molecule has 0 aliphatic carbocycles. The molecule has 4 rings (SSSR count). The zero-order valence-corrected chi connectivity index (χ0v) is 20.2. The summed E-state index contributed by atoms with van der Waals surface area (Å²) in [5.74, 6) is 0.713. The summed E-state index contributed by atoms with van der Waals surface area (Å²) in [6, 6.07) is 10.6. The van der Waals surface area contributed by atoms with Gasteiger partial charge >= 0.3 is 0 Å². The van der Waals surface area contributed by atoms with Gasteiger partial charge in [0.2, 0.25) is 0 Å². The van der Waals surface area contributed by atoms with Crippen LogP contribution in [0.2, 0.25) is 0 Å². The number of carbonyl (C=O) groups excluding carboxylic acids is 2. The van der Waals surface area contributed by atoms with E-state index >= 15 is 0 Å². The van der Waals surface area contributed by atoms with Gasteiger partial charge in [-0.15, -0.1) is 0 Å². The van der Waals surface area contributed by atoms with E-state index in [1.165, 1.54) is 0 Å². The molecule has 35 heavy (non-hydrogen) atoms. The first-order chi connectivity index (χ1) is 17.0. The Morgan fingerprint density at radius 1 is 1.20 bits per heavy atom. The Labute approximate surface area is 206 Å². The molecule has 8 nitrogen and oxygen atoms in total. The molecule has 0 saturated carbocycles. The van der Waals surface area contributed by atoms with Gasteiger partial charge < -0.3 is 20.3 Å². The third-order valence-corrected chi connectivity index (χ3v) is 6.18. The van der Waals surface area contributed by atoms with Crippen LogP contribution in [0, 0.1) is 0 Å². The van der Waals surface area contributed by atoms with Crippen LogP contribution in [0.5, 0.6) is 5.75 Å². The molecule has 0 radical (unpaired) electrons. The number of pyridine rings is 1. The van der Waals surface area contributed by atoms with Crippen LogP contribution in [-0.4, -0.2) is 61.5 Å². The van der Waals surface area contributed by atoms with Crippen LogP contribution in [0.1, 0.15) is 33.3 Å².